The Morgan fingerprint density at radius 1 is 0.935 bits per heavy atom. The van der Waals surface area contributed by atoms with Gasteiger partial charge in [0.05, 0.1) is 13.0 Å². The fraction of sp³-hybridized carbons (Fsp3) is 0.231. The van der Waals surface area contributed by atoms with Crippen LogP contribution in [-0.2, 0) is 4.79 Å². The van der Waals surface area contributed by atoms with Crippen molar-refractivity contribution in [3.05, 3.63) is 90.0 Å². The number of carbonyl (C=O) groups is 2. The molecule has 0 N–H and O–H groups in total. The lowest BCUT2D eigenvalue weighted by atomic mass is 9.84. The minimum Gasteiger partial charge on any atom is -0.497 e. The second kappa shape index (κ2) is 8.64. The molecule has 0 radical (unpaired) electrons. The molecule has 1 aliphatic heterocycles. The lowest BCUT2D eigenvalue weighted by molar-refractivity contribution is -0.120. The van der Waals surface area contributed by atoms with Gasteiger partial charge in [0.2, 0.25) is 5.91 Å². The number of ether oxygens (including phenoxy) is 1. The minimum atomic E-state index is -0.309. The molecule has 2 atom stereocenters. The molecule has 0 saturated carbocycles. The molecule has 3 aromatic rings. The van der Waals surface area contributed by atoms with E-state index in [1.165, 1.54) is 0 Å². The van der Waals surface area contributed by atoms with Crippen molar-refractivity contribution in [1.29, 1.82) is 0 Å². The first-order valence-corrected chi connectivity index (χ1v) is 10.4. The van der Waals surface area contributed by atoms with E-state index in [2.05, 4.69) is 0 Å². The van der Waals surface area contributed by atoms with Crippen molar-refractivity contribution in [3.63, 3.8) is 0 Å². The Hall–Kier alpha value is -3.60. The quantitative estimate of drug-likeness (QED) is 0.611. The Bertz CT molecular complexity index is 1080. The standard InChI is InChI=1S/C26H26N2O3/c1-18-17-23(26(30)27(2)20-9-5-4-6-10-20)22-11-7-8-12-24(22)28(18)25(29)19-13-15-21(31-3)16-14-19/h4-16,18,23H,17H2,1-3H3/t18-,23-/m1/s1. The molecule has 2 amide bonds. The van der Waals surface area contributed by atoms with Crippen molar-refractivity contribution in [2.75, 3.05) is 24.0 Å². The lowest BCUT2D eigenvalue weighted by Gasteiger charge is -2.40. The highest BCUT2D eigenvalue weighted by Gasteiger charge is 2.38. The van der Waals surface area contributed by atoms with Crippen LogP contribution in [0.1, 0.15) is 35.2 Å². The summed E-state index contributed by atoms with van der Waals surface area (Å²) in [6.07, 6.45) is 0.564. The molecule has 31 heavy (non-hydrogen) atoms. The number of likely N-dealkylation sites (N-methyl/N-ethyl adjacent to an activating group) is 1. The number of hydrogen-bond acceptors (Lipinski definition) is 3. The summed E-state index contributed by atoms with van der Waals surface area (Å²) in [7, 11) is 3.41. The van der Waals surface area contributed by atoms with Crippen LogP contribution in [0.2, 0.25) is 0 Å². The topological polar surface area (TPSA) is 49.9 Å². The zero-order valence-corrected chi connectivity index (χ0v) is 18.0. The van der Waals surface area contributed by atoms with Gasteiger partial charge in [-0.25, -0.2) is 0 Å². The molecular formula is C26H26N2O3. The number of fused-ring (bicyclic) bond motifs is 1. The maximum Gasteiger partial charge on any atom is 0.258 e. The number of anilines is 2. The zero-order chi connectivity index (χ0) is 22.0. The minimum absolute atomic E-state index is 0.0297. The number of rotatable bonds is 4. The first kappa shape index (κ1) is 20.7. The van der Waals surface area contributed by atoms with E-state index in [4.69, 9.17) is 4.74 Å². The lowest BCUT2D eigenvalue weighted by Crippen LogP contribution is -2.46. The molecule has 158 valence electrons. The van der Waals surface area contributed by atoms with Gasteiger partial charge >= 0.3 is 0 Å². The summed E-state index contributed by atoms with van der Waals surface area (Å²) in [4.78, 5) is 30.3. The summed E-state index contributed by atoms with van der Waals surface area (Å²) in [5.74, 6) is 0.349. The van der Waals surface area contributed by atoms with Gasteiger partial charge in [-0.1, -0.05) is 36.4 Å². The van der Waals surface area contributed by atoms with Gasteiger partial charge in [0.15, 0.2) is 0 Å². The molecule has 5 nitrogen and oxygen atoms in total. The Kier molecular flexibility index (Phi) is 5.76. The summed E-state index contributed by atoms with van der Waals surface area (Å²) in [5, 5.41) is 0. The van der Waals surface area contributed by atoms with Crippen molar-refractivity contribution >= 4 is 23.2 Å². The van der Waals surface area contributed by atoms with Crippen LogP contribution in [0.5, 0.6) is 5.75 Å². The van der Waals surface area contributed by atoms with Crippen LogP contribution >= 0.6 is 0 Å². The molecule has 0 unspecified atom stereocenters. The fourth-order valence-electron chi connectivity index (χ4n) is 4.24. The molecular weight excluding hydrogens is 388 g/mol. The third-order valence-electron chi connectivity index (χ3n) is 5.92. The van der Waals surface area contributed by atoms with E-state index in [0.29, 0.717) is 17.7 Å². The summed E-state index contributed by atoms with van der Waals surface area (Å²) in [6, 6.07) is 24.3. The van der Waals surface area contributed by atoms with E-state index in [1.54, 1.807) is 43.3 Å². The Morgan fingerprint density at radius 3 is 2.26 bits per heavy atom. The van der Waals surface area contributed by atoms with Crippen LogP contribution < -0.4 is 14.5 Å². The van der Waals surface area contributed by atoms with E-state index in [1.807, 2.05) is 66.4 Å². The van der Waals surface area contributed by atoms with Crippen molar-refractivity contribution in [2.24, 2.45) is 0 Å². The molecule has 0 spiro atoms. The summed E-state index contributed by atoms with van der Waals surface area (Å²) in [5.41, 5.74) is 3.13. The second-order valence-electron chi connectivity index (χ2n) is 7.83. The molecule has 1 aliphatic rings. The highest BCUT2D eigenvalue weighted by Crippen LogP contribution is 2.40. The maximum atomic E-state index is 13.4. The Labute approximate surface area is 182 Å². The molecule has 4 rings (SSSR count). The number of nitrogens with zero attached hydrogens (tertiary/aromatic N) is 2. The summed E-state index contributed by atoms with van der Waals surface area (Å²) >= 11 is 0. The summed E-state index contributed by atoms with van der Waals surface area (Å²) < 4.78 is 5.20. The number of methoxy groups -OCH3 is 1. The van der Waals surface area contributed by atoms with Gasteiger partial charge in [0.1, 0.15) is 5.75 Å². The maximum absolute atomic E-state index is 13.4. The Balaban J connectivity index is 1.67. The molecule has 0 bridgehead atoms. The molecule has 0 fully saturated rings. The average Bonchev–Trinajstić information content (AvgIpc) is 2.83. The predicted octanol–water partition coefficient (Wildman–Crippen LogP) is 4.88. The normalized spacial score (nSPS) is 17.6. The van der Waals surface area contributed by atoms with Gasteiger partial charge in [-0.3, -0.25) is 9.59 Å². The first-order chi connectivity index (χ1) is 15.0. The van der Waals surface area contributed by atoms with Crippen LogP contribution in [0.3, 0.4) is 0 Å². The third kappa shape index (κ3) is 3.91. The number of benzene rings is 3. The van der Waals surface area contributed by atoms with Crippen LogP contribution in [0.15, 0.2) is 78.9 Å². The predicted molar refractivity (Wildman–Crippen MR) is 123 cm³/mol. The van der Waals surface area contributed by atoms with E-state index in [-0.39, 0.29) is 23.8 Å². The van der Waals surface area contributed by atoms with Crippen molar-refractivity contribution in [3.8, 4) is 5.75 Å². The van der Waals surface area contributed by atoms with Crippen LogP contribution in [0.25, 0.3) is 0 Å². The van der Waals surface area contributed by atoms with Gasteiger partial charge in [-0.2, -0.15) is 0 Å². The average molecular weight is 415 g/mol. The number of para-hydroxylation sites is 2. The van der Waals surface area contributed by atoms with E-state index >= 15 is 0 Å². The number of hydrogen-bond donors (Lipinski definition) is 0. The monoisotopic (exact) mass is 414 g/mol. The zero-order valence-electron chi connectivity index (χ0n) is 18.0. The van der Waals surface area contributed by atoms with Crippen LogP contribution in [0.4, 0.5) is 11.4 Å². The van der Waals surface area contributed by atoms with Gasteiger partial charge in [-0.15, -0.1) is 0 Å². The van der Waals surface area contributed by atoms with E-state index < -0.39 is 0 Å². The molecule has 3 aromatic carbocycles. The van der Waals surface area contributed by atoms with Gasteiger partial charge in [0, 0.05) is 30.0 Å². The van der Waals surface area contributed by atoms with Crippen molar-refractivity contribution in [2.45, 2.75) is 25.3 Å². The molecule has 1 heterocycles. The molecule has 5 heteroatoms. The molecule has 0 aromatic heterocycles. The highest BCUT2D eigenvalue weighted by atomic mass is 16.5. The van der Waals surface area contributed by atoms with Gasteiger partial charge < -0.3 is 14.5 Å². The summed E-state index contributed by atoms with van der Waals surface area (Å²) in [6.45, 7) is 2.00. The van der Waals surface area contributed by atoms with Crippen LogP contribution in [0, 0.1) is 0 Å². The highest BCUT2D eigenvalue weighted by molar-refractivity contribution is 6.09. The largest absolute Gasteiger partial charge is 0.497 e. The Morgan fingerprint density at radius 2 is 1.58 bits per heavy atom. The SMILES string of the molecule is COc1ccc(C(=O)N2c3ccccc3[C@H](C(=O)N(C)c3ccccc3)C[C@H]2C)cc1. The molecule has 0 aliphatic carbocycles. The van der Waals surface area contributed by atoms with Crippen LogP contribution in [-0.4, -0.2) is 32.0 Å². The van der Waals surface area contributed by atoms with Crippen molar-refractivity contribution in [1.82, 2.24) is 0 Å². The number of carbonyl (C=O) groups excluding carboxylic acids is 2. The van der Waals surface area contributed by atoms with Gasteiger partial charge in [-0.05, 0) is 61.4 Å². The first-order valence-electron chi connectivity index (χ1n) is 10.4. The smallest absolute Gasteiger partial charge is 0.258 e. The van der Waals surface area contributed by atoms with Crippen molar-refractivity contribution < 1.29 is 14.3 Å². The second-order valence-corrected chi connectivity index (χ2v) is 7.83. The van der Waals surface area contributed by atoms with Gasteiger partial charge in [0.25, 0.3) is 5.91 Å². The number of amides is 2. The van der Waals surface area contributed by atoms with E-state index in [0.717, 1.165) is 16.9 Å². The fourth-order valence-corrected chi connectivity index (χ4v) is 4.24. The third-order valence-corrected chi connectivity index (χ3v) is 5.92. The molecule has 0 saturated heterocycles. The van der Waals surface area contributed by atoms with E-state index in [9.17, 15) is 9.59 Å².